The van der Waals surface area contributed by atoms with Gasteiger partial charge in [-0.05, 0) is 31.5 Å². The molecule has 0 aliphatic rings. The van der Waals surface area contributed by atoms with Crippen molar-refractivity contribution < 1.29 is 0 Å². The third-order valence-electron chi connectivity index (χ3n) is 2.09. The van der Waals surface area contributed by atoms with Crippen LogP contribution >= 0.6 is 0 Å². The first-order chi connectivity index (χ1) is 6.74. The number of nitrogens with one attached hydrogen (secondary N) is 1. The predicted octanol–water partition coefficient (Wildman–Crippen LogP) is 2.70. The number of nitrogens with zero attached hydrogens (tertiary/aromatic N) is 1. The summed E-state index contributed by atoms with van der Waals surface area (Å²) in [4.78, 5) is 4.13. The average molecular weight is 190 g/mol. The van der Waals surface area contributed by atoms with Crippen molar-refractivity contribution in [3.63, 3.8) is 0 Å². The van der Waals surface area contributed by atoms with Gasteiger partial charge < -0.3 is 5.32 Å². The Bertz CT molecular complexity index is 280. The molecule has 0 bridgehead atoms. The molecule has 1 aromatic heterocycles. The van der Waals surface area contributed by atoms with Crippen LogP contribution in [0.25, 0.3) is 0 Å². The molecule has 0 spiro atoms. The van der Waals surface area contributed by atoms with E-state index in [-0.39, 0.29) is 0 Å². The van der Waals surface area contributed by atoms with E-state index in [2.05, 4.69) is 36.8 Å². The van der Waals surface area contributed by atoms with Gasteiger partial charge in [0, 0.05) is 18.4 Å². The molecule has 76 valence electrons. The second kappa shape index (κ2) is 5.55. The van der Waals surface area contributed by atoms with Crippen LogP contribution in [-0.2, 0) is 0 Å². The fourth-order valence-corrected chi connectivity index (χ4v) is 1.48. The van der Waals surface area contributed by atoms with Gasteiger partial charge in [-0.25, -0.2) is 0 Å². The van der Waals surface area contributed by atoms with E-state index in [1.165, 1.54) is 11.1 Å². The van der Waals surface area contributed by atoms with Crippen molar-refractivity contribution in [2.45, 2.75) is 26.3 Å². The summed E-state index contributed by atoms with van der Waals surface area (Å²) in [5.41, 5.74) is 2.43. The Labute approximate surface area is 86.1 Å². The van der Waals surface area contributed by atoms with Crippen LogP contribution in [0.2, 0.25) is 0 Å². The minimum absolute atomic E-state index is 0.353. The molecule has 1 heterocycles. The predicted molar refractivity (Wildman–Crippen MR) is 60.1 cm³/mol. The monoisotopic (exact) mass is 190 g/mol. The lowest BCUT2D eigenvalue weighted by Gasteiger charge is -2.17. The highest BCUT2D eigenvalue weighted by atomic mass is 14.9. The molecule has 2 heteroatoms. The third kappa shape index (κ3) is 3.30. The summed E-state index contributed by atoms with van der Waals surface area (Å²) in [5, 5.41) is 3.43. The van der Waals surface area contributed by atoms with Crippen molar-refractivity contribution in [3.8, 4) is 0 Å². The molecule has 0 saturated carbocycles. The molecule has 0 fully saturated rings. The minimum Gasteiger partial charge on any atom is -0.310 e. The molecular formula is C12H18N2. The van der Waals surface area contributed by atoms with Crippen molar-refractivity contribution in [2.24, 2.45) is 0 Å². The van der Waals surface area contributed by atoms with Gasteiger partial charge >= 0.3 is 0 Å². The van der Waals surface area contributed by atoms with Crippen LogP contribution in [0.15, 0.2) is 36.7 Å². The maximum absolute atomic E-state index is 4.13. The molecule has 0 radical (unpaired) electrons. The number of pyridine rings is 1. The summed E-state index contributed by atoms with van der Waals surface area (Å²) in [6.07, 6.45) is 4.68. The third-order valence-corrected chi connectivity index (χ3v) is 2.09. The molecule has 0 aromatic carbocycles. The SMILES string of the molecule is C=C(C)CC(NCC)c1cccnc1. The highest BCUT2D eigenvalue weighted by Crippen LogP contribution is 2.18. The highest BCUT2D eigenvalue weighted by Gasteiger charge is 2.09. The van der Waals surface area contributed by atoms with E-state index in [9.17, 15) is 0 Å². The Kier molecular flexibility index (Phi) is 4.33. The fourth-order valence-electron chi connectivity index (χ4n) is 1.48. The second-order valence-electron chi connectivity index (χ2n) is 3.56. The zero-order valence-corrected chi connectivity index (χ0v) is 8.96. The molecule has 14 heavy (non-hydrogen) atoms. The van der Waals surface area contributed by atoms with E-state index in [1.807, 2.05) is 12.3 Å². The van der Waals surface area contributed by atoms with E-state index in [0.717, 1.165) is 13.0 Å². The maximum atomic E-state index is 4.13. The summed E-state index contributed by atoms with van der Waals surface area (Å²) in [5.74, 6) is 0. The van der Waals surface area contributed by atoms with E-state index in [1.54, 1.807) is 6.20 Å². The normalized spacial score (nSPS) is 12.4. The van der Waals surface area contributed by atoms with Crippen molar-refractivity contribution in [1.82, 2.24) is 10.3 Å². The van der Waals surface area contributed by atoms with Gasteiger partial charge in [-0.15, -0.1) is 6.58 Å². The summed E-state index contributed by atoms with van der Waals surface area (Å²) in [7, 11) is 0. The lowest BCUT2D eigenvalue weighted by Crippen LogP contribution is -2.21. The number of hydrogen-bond donors (Lipinski definition) is 1. The molecule has 0 aliphatic heterocycles. The van der Waals surface area contributed by atoms with Gasteiger partial charge in [-0.1, -0.05) is 18.6 Å². The van der Waals surface area contributed by atoms with Crippen molar-refractivity contribution in [3.05, 3.63) is 42.2 Å². The fraction of sp³-hybridized carbons (Fsp3) is 0.417. The van der Waals surface area contributed by atoms with Crippen molar-refractivity contribution in [1.29, 1.82) is 0 Å². The number of rotatable bonds is 5. The molecule has 0 aliphatic carbocycles. The van der Waals surface area contributed by atoms with Gasteiger partial charge in [0.15, 0.2) is 0 Å². The Morgan fingerprint density at radius 2 is 2.43 bits per heavy atom. The first-order valence-corrected chi connectivity index (χ1v) is 5.01. The maximum Gasteiger partial charge on any atom is 0.0372 e. The zero-order valence-electron chi connectivity index (χ0n) is 8.96. The molecule has 0 saturated heterocycles. The first-order valence-electron chi connectivity index (χ1n) is 5.01. The minimum atomic E-state index is 0.353. The quantitative estimate of drug-likeness (QED) is 0.722. The summed E-state index contributed by atoms with van der Waals surface area (Å²) in [6, 6.07) is 4.42. The number of aromatic nitrogens is 1. The second-order valence-corrected chi connectivity index (χ2v) is 3.56. The number of hydrogen-bond acceptors (Lipinski definition) is 2. The van der Waals surface area contributed by atoms with Gasteiger partial charge in [0.1, 0.15) is 0 Å². The van der Waals surface area contributed by atoms with Gasteiger partial charge in [-0.3, -0.25) is 4.98 Å². The highest BCUT2D eigenvalue weighted by molar-refractivity contribution is 5.16. The van der Waals surface area contributed by atoms with Crippen LogP contribution in [0, 0.1) is 0 Å². The molecule has 1 unspecified atom stereocenters. The summed E-state index contributed by atoms with van der Waals surface area (Å²) < 4.78 is 0. The van der Waals surface area contributed by atoms with Crippen molar-refractivity contribution >= 4 is 0 Å². The molecule has 0 amide bonds. The van der Waals surface area contributed by atoms with Gasteiger partial charge in [-0.2, -0.15) is 0 Å². The van der Waals surface area contributed by atoms with Crippen LogP contribution in [-0.4, -0.2) is 11.5 Å². The Morgan fingerprint density at radius 3 is 2.93 bits per heavy atom. The van der Waals surface area contributed by atoms with Crippen LogP contribution in [0.4, 0.5) is 0 Å². The van der Waals surface area contributed by atoms with Crippen LogP contribution in [0.1, 0.15) is 31.9 Å². The zero-order chi connectivity index (χ0) is 10.4. The topological polar surface area (TPSA) is 24.9 Å². The van der Waals surface area contributed by atoms with E-state index >= 15 is 0 Å². The first kappa shape index (κ1) is 10.9. The van der Waals surface area contributed by atoms with Crippen LogP contribution in [0.3, 0.4) is 0 Å². The van der Waals surface area contributed by atoms with Crippen molar-refractivity contribution in [2.75, 3.05) is 6.54 Å². The standard InChI is InChI=1S/C12H18N2/c1-4-14-12(8-10(2)3)11-6-5-7-13-9-11/h5-7,9,12,14H,2,4,8H2,1,3H3. The lowest BCUT2D eigenvalue weighted by atomic mass is 10.0. The van der Waals surface area contributed by atoms with Gasteiger partial charge in [0.05, 0.1) is 0 Å². The van der Waals surface area contributed by atoms with Crippen LogP contribution in [0.5, 0.6) is 0 Å². The smallest absolute Gasteiger partial charge is 0.0372 e. The van der Waals surface area contributed by atoms with Gasteiger partial charge in [0.25, 0.3) is 0 Å². The van der Waals surface area contributed by atoms with E-state index < -0.39 is 0 Å². The lowest BCUT2D eigenvalue weighted by molar-refractivity contribution is 0.546. The summed E-state index contributed by atoms with van der Waals surface area (Å²) >= 11 is 0. The van der Waals surface area contributed by atoms with Gasteiger partial charge in [0.2, 0.25) is 0 Å². The largest absolute Gasteiger partial charge is 0.310 e. The molecule has 1 rings (SSSR count). The Hall–Kier alpha value is -1.15. The molecule has 1 N–H and O–H groups in total. The molecule has 1 atom stereocenters. The van der Waals surface area contributed by atoms with E-state index in [4.69, 9.17) is 0 Å². The molecular weight excluding hydrogens is 172 g/mol. The van der Waals surface area contributed by atoms with E-state index in [0.29, 0.717) is 6.04 Å². The average Bonchev–Trinajstić information content (AvgIpc) is 2.18. The van der Waals surface area contributed by atoms with Crippen LogP contribution < -0.4 is 5.32 Å². The molecule has 2 nitrogen and oxygen atoms in total. The molecule has 1 aromatic rings. The Balaban J connectivity index is 2.72. The Morgan fingerprint density at radius 1 is 1.64 bits per heavy atom. The summed E-state index contributed by atoms with van der Waals surface area (Å²) in [6.45, 7) is 9.08.